The molecular weight excluding hydrogens is 269 g/mol. The summed E-state index contributed by atoms with van der Waals surface area (Å²) in [4.78, 5) is 8.73. The molecule has 0 fully saturated rings. The van der Waals surface area contributed by atoms with Gasteiger partial charge in [-0.2, -0.15) is 4.98 Å². The fraction of sp³-hybridized carbons (Fsp3) is 0.375. The van der Waals surface area contributed by atoms with E-state index in [9.17, 15) is 4.39 Å². The molecule has 0 aliphatic rings. The van der Waals surface area contributed by atoms with Crippen LogP contribution in [-0.4, -0.2) is 16.5 Å². The quantitative estimate of drug-likeness (QED) is 0.869. The van der Waals surface area contributed by atoms with Gasteiger partial charge in [-0.1, -0.05) is 19.1 Å². The zero-order chi connectivity index (χ0) is 15.2. The third-order valence-corrected chi connectivity index (χ3v) is 2.95. The van der Waals surface area contributed by atoms with Crippen LogP contribution in [0.1, 0.15) is 31.7 Å². The average molecular weight is 289 g/mol. The van der Waals surface area contributed by atoms with E-state index in [4.69, 9.17) is 4.74 Å². The number of aromatic nitrogens is 2. The minimum atomic E-state index is -0.363. The van der Waals surface area contributed by atoms with Gasteiger partial charge in [0.05, 0.1) is 0 Å². The summed E-state index contributed by atoms with van der Waals surface area (Å²) in [5.74, 6) is 1.56. The summed E-state index contributed by atoms with van der Waals surface area (Å²) in [5.41, 5.74) is 0.544. The first-order valence-corrected chi connectivity index (χ1v) is 7.18. The largest absolute Gasteiger partial charge is 0.436 e. The van der Waals surface area contributed by atoms with E-state index in [0.29, 0.717) is 23.1 Å². The lowest BCUT2D eigenvalue weighted by Gasteiger charge is -2.10. The normalized spacial score (nSPS) is 10.5. The highest BCUT2D eigenvalue weighted by Crippen LogP contribution is 2.26. The Morgan fingerprint density at radius 1 is 1.24 bits per heavy atom. The number of hydrogen-bond donors (Lipinski definition) is 1. The lowest BCUT2D eigenvalue weighted by molar-refractivity contribution is 0.422. The highest BCUT2D eigenvalue weighted by Gasteiger charge is 2.10. The zero-order valence-corrected chi connectivity index (χ0v) is 12.6. The van der Waals surface area contributed by atoms with Crippen LogP contribution in [0.15, 0.2) is 24.3 Å². The molecule has 2 aromatic rings. The first-order valence-electron chi connectivity index (χ1n) is 7.18. The van der Waals surface area contributed by atoms with Crippen molar-refractivity contribution in [3.63, 3.8) is 0 Å². The van der Waals surface area contributed by atoms with Crippen molar-refractivity contribution in [3.8, 4) is 11.6 Å². The Kier molecular flexibility index (Phi) is 5.09. The van der Waals surface area contributed by atoms with Crippen molar-refractivity contribution in [1.29, 1.82) is 0 Å². The molecule has 0 unspecified atom stereocenters. The lowest BCUT2D eigenvalue weighted by Crippen LogP contribution is -2.05. The van der Waals surface area contributed by atoms with Gasteiger partial charge in [-0.05, 0) is 31.9 Å². The minimum absolute atomic E-state index is 0.179. The van der Waals surface area contributed by atoms with Crippen LogP contribution >= 0.6 is 0 Å². The molecule has 1 aromatic carbocycles. The van der Waals surface area contributed by atoms with Crippen LogP contribution in [0.5, 0.6) is 11.6 Å². The molecule has 0 bridgehead atoms. The molecule has 0 saturated carbocycles. The number of halogens is 1. The molecule has 1 aromatic heterocycles. The predicted molar refractivity (Wildman–Crippen MR) is 81.4 cm³/mol. The van der Waals surface area contributed by atoms with Gasteiger partial charge in [0.2, 0.25) is 5.88 Å². The molecule has 2 rings (SSSR count). The molecule has 5 heteroatoms. The molecular formula is C16H20FN3O. The zero-order valence-electron chi connectivity index (χ0n) is 12.6. The topological polar surface area (TPSA) is 47.0 Å². The molecule has 1 heterocycles. The third kappa shape index (κ3) is 3.90. The maximum Gasteiger partial charge on any atom is 0.224 e. The smallest absolute Gasteiger partial charge is 0.224 e. The van der Waals surface area contributed by atoms with Crippen molar-refractivity contribution in [3.05, 3.63) is 41.5 Å². The van der Waals surface area contributed by atoms with Crippen molar-refractivity contribution in [2.24, 2.45) is 0 Å². The van der Waals surface area contributed by atoms with Gasteiger partial charge < -0.3 is 10.1 Å². The summed E-state index contributed by atoms with van der Waals surface area (Å²) < 4.78 is 19.6. The lowest BCUT2D eigenvalue weighted by atomic mass is 10.2. The molecule has 21 heavy (non-hydrogen) atoms. The molecule has 112 valence electrons. The summed E-state index contributed by atoms with van der Waals surface area (Å²) in [7, 11) is 0. The van der Waals surface area contributed by atoms with Gasteiger partial charge >= 0.3 is 0 Å². The molecule has 0 amide bonds. The van der Waals surface area contributed by atoms with Crippen LogP contribution in [0.4, 0.5) is 10.2 Å². The fourth-order valence-electron chi connectivity index (χ4n) is 1.94. The highest BCUT2D eigenvalue weighted by molar-refractivity contribution is 5.41. The Balaban J connectivity index is 2.31. The number of aryl methyl sites for hydroxylation is 2. The van der Waals surface area contributed by atoms with Crippen molar-refractivity contribution >= 4 is 5.82 Å². The predicted octanol–water partition coefficient (Wildman–Crippen LogP) is 4.10. The molecule has 4 nitrogen and oxygen atoms in total. The number of hydrogen-bond acceptors (Lipinski definition) is 4. The number of anilines is 1. The van der Waals surface area contributed by atoms with Gasteiger partial charge in [0, 0.05) is 19.0 Å². The monoisotopic (exact) mass is 289 g/mol. The molecule has 0 aliphatic carbocycles. The molecule has 0 aliphatic heterocycles. The van der Waals surface area contributed by atoms with Crippen LogP contribution in [0, 0.1) is 12.7 Å². The van der Waals surface area contributed by atoms with E-state index in [1.165, 1.54) is 0 Å². The number of nitrogens with zero attached hydrogens (tertiary/aromatic N) is 2. The number of benzene rings is 1. The molecule has 0 radical (unpaired) electrons. The summed E-state index contributed by atoms with van der Waals surface area (Å²) in [6, 6.07) is 6.74. The van der Waals surface area contributed by atoms with E-state index in [2.05, 4.69) is 22.2 Å². The maximum absolute atomic E-state index is 14.0. The highest BCUT2D eigenvalue weighted by atomic mass is 19.1. The Morgan fingerprint density at radius 2 is 2.05 bits per heavy atom. The van der Waals surface area contributed by atoms with E-state index in [-0.39, 0.29) is 11.6 Å². The second-order valence-electron chi connectivity index (χ2n) is 4.78. The van der Waals surface area contributed by atoms with Crippen LogP contribution < -0.4 is 10.1 Å². The van der Waals surface area contributed by atoms with E-state index >= 15 is 0 Å². The van der Waals surface area contributed by atoms with Crippen molar-refractivity contribution < 1.29 is 9.13 Å². The van der Waals surface area contributed by atoms with E-state index < -0.39 is 0 Å². The van der Waals surface area contributed by atoms with Crippen LogP contribution in [0.2, 0.25) is 0 Å². The van der Waals surface area contributed by atoms with E-state index in [0.717, 1.165) is 19.4 Å². The molecule has 1 N–H and O–H groups in total. The second kappa shape index (κ2) is 7.02. The van der Waals surface area contributed by atoms with Crippen LogP contribution in [0.3, 0.4) is 0 Å². The third-order valence-electron chi connectivity index (χ3n) is 2.95. The van der Waals surface area contributed by atoms with E-state index in [1.54, 1.807) is 31.2 Å². The SMILES string of the molecule is CCCc1nc(NCC)cc(Oc2cccc(C)c2F)n1. The molecule has 0 atom stereocenters. The summed E-state index contributed by atoms with van der Waals surface area (Å²) >= 11 is 0. The van der Waals surface area contributed by atoms with Crippen LogP contribution in [0.25, 0.3) is 0 Å². The van der Waals surface area contributed by atoms with Gasteiger partial charge in [0.1, 0.15) is 11.6 Å². The Bertz CT molecular complexity index is 592. The second-order valence-corrected chi connectivity index (χ2v) is 4.78. The number of rotatable bonds is 6. The molecule has 0 saturated heterocycles. The number of nitrogens with one attached hydrogen (secondary N) is 1. The molecule has 0 spiro atoms. The van der Waals surface area contributed by atoms with Gasteiger partial charge in [0.25, 0.3) is 0 Å². The Morgan fingerprint density at radius 3 is 2.76 bits per heavy atom. The fourth-order valence-corrected chi connectivity index (χ4v) is 1.94. The standard InChI is InChI=1S/C16H20FN3O/c1-4-7-13-19-14(18-5-2)10-15(20-13)21-12-9-6-8-11(3)16(12)17/h6,8-10H,4-5,7H2,1-3H3,(H,18,19,20). The van der Waals surface area contributed by atoms with E-state index in [1.807, 2.05) is 6.92 Å². The van der Waals surface area contributed by atoms with Crippen molar-refractivity contribution in [2.75, 3.05) is 11.9 Å². The number of ether oxygens (including phenoxy) is 1. The summed E-state index contributed by atoms with van der Waals surface area (Å²) in [6.45, 7) is 6.50. The summed E-state index contributed by atoms with van der Waals surface area (Å²) in [5, 5.41) is 3.13. The maximum atomic E-state index is 14.0. The van der Waals surface area contributed by atoms with Gasteiger partial charge in [-0.15, -0.1) is 0 Å². The van der Waals surface area contributed by atoms with Crippen molar-refractivity contribution in [2.45, 2.75) is 33.6 Å². The van der Waals surface area contributed by atoms with Gasteiger partial charge in [-0.25, -0.2) is 9.37 Å². The van der Waals surface area contributed by atoms with Gasteiger partial charge in [0.15, 0.2) is 11.6 Å². The van der Waals surface area contributed by atoms with Gasteiger partial charge in [-0.3, -0.25) is 0 Å². The Hall–Kier alpha value is -2.17. The Labute approximate surface area is 124 Å². The minimum Gasteiger partial charge on any atom is -0.436 e. The van der Waals surface area contributed by atoms with Crippen molar-refractivity contribution in [1.82, 2.24) is 9.97 Å². The first-order chi connectivity index (χ1) is 10.1. The first kappa shape index (κ1) is 15.2. The van der Waals surface area contributed by atoms with Crippen LogP contribution in [-0.2, 0) is 6.42 Å². The summed E-state index contributed by atoms with van der Waals surface area (Å²) in [6.07, 6.45) is 1.69. The average Bonchev–Trinajstić information content (AvgIpc) is 2.44.